The number of likely N-dealkylation sites (tertiary alicyclic amines) is 1. The van der Waals surface area contributed by atoms with Crippen LogP contribution in [0.15, 0.2) is 42.5 Å². The average molecular weight is 318 g/mol. The number of nitrogens with two attached hydrogens (primary N) is 1. The number of amides is 1. The van der Waals surface area contributed by atoms with Crippen molar-refractivity contribution in [2.75, 3.05) is 13.1 Å². The van der Waals surface area contributed by atoms with Crippen LogP contribution < -0.4 is 10.5 Å². The molecule has 1 heterocycles. The average Bonchev–Trinajstić information content (AvgIpc) is 2.97. The van der Waals surface area contributed by atoms with Crippen molar-refractivity contribution >= 4 is 5.91 Å². The Morgan fingerprint density at radius 2 is 1.78 bits per heavy atom. The second kappa shape index (κ2) is 6.34. The van der Waals surface area contributed by atoms with Crippen molar-refractivity contribution in [1.29, 1.82) is 0 Å². The third kappa shape index (κ3) is 3.48. The van der Waals surface area contributed by atoms with Gasteiger partial charge in [0.1, 0.15) is 11.5 Å². The summed E-state index contributed by atoms with van der Waals surface area (Å²) in [6, 6.07) is 9.86. The number of ether oxygens (including phenoxy) is 1. The van der Waals surface area contributed by atoms with Crippen molar-refractivity contribution in [3.8, 4) is 11.5 Å². The normalized spacial score (nSPS) is 17.3. The Hall–Kier alpha value is -2.47. The van der Waals surface area contributed by atoms with Gasteiger partial charge in [-0.2, -0.15) is 0 Å². The molecule has 0 bridgehead atoms. The summed E-state index contributed by atoms with van der Waals surface area (Å²) in [7, 11) is 0. The quantitative estimate of drug-likeness (QED) is 0.946. The first-order valence-corrected chi connectivity index (χ1v) is 7.31. The summed E-state index contributed by atoms with van der Waals surface area (Å²) in [5.41, 5.74) is 6.34. The SMILES string of the molecule is N[C@@H]1CCN(C(=O)c2ccc(Oc3ccc(F)c(F)c3)cc2)C1. The van der Waals surface area contributed by atoms with Crippen LogP contribution in [0.4, 0.5) is 8.78 Å². The molecule has 4 nitrogen and oxygen atoms in total. The molecule has 1 aliphatic heterocycles. The minimum Gasteiger partial charge on any atom is -0.457 e. The van der Waals surface area contributed by atoms with Gasteiger partial charge in [0.05, 0.1) is 0 Å². The predicted molar refractivity (Wildman–Crippen MR) is 81.4 cm³/mol. The summed E-state index contributed by atoms with van der Waals surface area (Å²) < 4.78 is 31.5. The fourth-order valence-corrected chi connectivity index (χ4v) is 2.50. The first kappa shape index (κ1) is 15.4. The van der Waals surface area contributed by atoms with E-state index in [1.807, 2.05) is 0 Å². The van der Waals surface area contributed by atoms with E-state index in [0.29, 0.717) is 24.4 Å². The van der Waals surface area contributed by atoms with Gasteiger partial charge in [0.2, 0.25) is 0 Å². The zero-order valence-corrected chi connectivity index (χ0v) is 12.3. The molecule has 0 aromatic heterocycles. The van der Waals surface area contributed by atoms with Crippen molar-refractivity contribution in [2.24, 2.45) is 5.73 Å². The molecule has 0 aliphatic carbocycles. The Morgan fingerprint density at radius 1 is 1.09 bits per heavy atom. The molecule has 0 unspecified atom stereocenters. The molecule has 1 aliphatic rings. The molecule has 0 saturated carbocycles. The summed E-state index contributed by atoms with van der Waals surface area (Å²) in [5.74, 6) is -1.35. The van der Waals surface area contributed by atoms with Gasteiger partial charge in [0.15, 0.2) is 11.6 Å². The Bertz CT molecular complexity index is 719. The maximum Gasteiger partial charge on any atom is 0.253 e. The standard InChI is InChI=1S/C17H16F2N2O2/c18-15-6-5-14(9-16(15)19)23-13-3-1-11(2-4-13)17(22)21-8-7-12(20)10-21/h1-6,9,12H,7-8,10,20H2/t12-/m1/s1. The number of benzene rings is 2. The molecule has 6 heteroatoms. The molecule has 1 fully saturated rings. The lowest BCUT2D eigenvalue weighted by atomic mass is 10.2. The molecular weight excluding hydrogens is 302 g/mol. The Labute approximate surface area is 132 Å². The third-order valence-electron chi connectivity index (χ3n) is 3.74. The molecule has 1 saturated heterocycles. The molecule has 2 aromatic carbocycles. The monoisotopic (exact) mass is 318 g/mol. The smallest absolute Gasteiger partial charge is 0.253 e. The van der Waals surface area contributed by atoms with Gasteiger partial charge in [-0.3, -0.25) is 4.79 Å². The first-order chi connectivity index (χ1) is 11.0. The summed E-state index contributed by atoms with van der Waals surface area (Å²) in [6.07, 6.45) is 0.809. The topological polar surface area (TPSA) is 55.6 Å². The number of carbonyl (C=O) groups is 1. The maximum atomic E-state index is 13.1. The second-order valence-electron chi connectivity index (χ2n) is 5.50. The van der Waals surface area contributed by atoms with E-state index in [2.05, 4.69) is 0 Å². The van der Waals surface area contributed by atoms with Crippen LogP contribution in [0.1, 0.15) is 16.8 Å². The number of hydrogen-bond donors (Lipinski definition) is 1. The van der Waals surface area contributed by atoms with Gasteiger partial charge in [-0.25, -0.2) is 8.78 Å². The van der Waals surface area contributed by atoms with Crippen LogP contribution in [0.2, 0.25) is 0 Å². The van der Waals surface area contributed by atoms with Crippen LogP contribution in [0.5, 0.6) is 11.5 Å². The molecule has 2 aromatic rings. The Balaban J connectivity index is 1.69. The minimum absolute atomic E-state index is 0.0370. The van der Waals surface area contributed by atoms with E-state index < -0.39 is 11.6 Å². The van der Waals surface area contributed by atoms with Gasteiger partial charge in [-0.15, -0.1) is 0 Å². The van der Waals surface area contributed by atoms with E-state index in [-0.39, 0.29) is 17.7 Å². The van der Waals surface area contributed by atoms with E-state index in [9.17, 15) is 13.6 Å². The highest BCUT2D eigenvalue weighted by Crippen LogP contribution is 2.24. The number of carbonyl (C=O) groups excluding carboxylic acids is 1. The predicted octanol–water partition coefficient (Wildman–Crippen LogP) is 2.93. The minimum atomic E-state index is -0.973. The molecule has 120 valence electrons. The highest BCUT2D eigenvalue weighted by atomic mass is 19.2. The van der Waals surface area contributed by atoms with Crippen LogP contribution in [0.3, 0.4) is 0 Å². The lowest BCUT2D eigenvalue weighted by Gasteiger charge is -2.16. The summed E-state index contributed by atoms with van der Waals surface area (Å²) in [6.45, 7) is 1.22. The van der Waals surface area contributed by atoms with Gasteiger partial charge in [-0.1, -0.05) is 0 Å². The largest absolute Gasteiger partial charge is 0.457 e. The van der Waals surface area contributed by atoms with Crippen LogP contribution in [-0.2, 0) is 0 Å². The van der Waals surface area contributed by atoms with Crippen molar-refractivity contribution in [1.82, 2.24) is 4.90 Å². The number of nitrogens with zero attached hydrogens (tertiary/aromatic N) is 1. The number of rotatable bonds is 3. The Morgan fingerprint density at radius 3 is 2.39 bits per heavy atom. The van der Waals surface area contributed by atoms with E-state index in [4.69, 9.17) is 10.5 Å². The maximum absolute atomic E-state index is 13.1. The summed E-state index contributed by atoms with van der Waals surface area (Å²) in [5, 5.41) is 0. The molecule has 23 heavy (non-hydrogen) atoms. The highest BCUT2D eigenvalue weighted by Gasteiger charge is 2.24. The number of halogens is 2. The van der Waals surface area contributed by atoms with Gasteiger partial charge in [-0.05, 0) is 42.8 Å². The van der Waals surface area contributed by atoms with Crippen molar-refractivity contribution < 1.29 is 18.3 Å². The zero-order chi connectivity index (χ0) is 16.4. The summed E-state index contributed by atoms with van der Waals surface area (Å²) >= 11 is 0. The van der Waals surface area contributed by atoms with Gasteiger partial charge < -0.3 is 15.4 Å². The van der Waals surface area contributed by atoms with Crippen LogP contribution in [-0.4, -0.2) is 29.9 Å². The van der Waals surface area contributed by atoms with E-state index in [0.717, 1.165) is 18.6 Å². The fourth-order valence-electron chi connectivity index (χ4n) is 2.50. The molecule has 0 spiro atoms. The van der Waals surface area contributed by atoms with Crippen LogP contribution >= 0.6 is 0 Å². The molecule has 0 radical (unpaired) electrons. The molecule has 2 N–H and O–H groups in total. The van der Waals surface area contributed by atoms with E-state index >= 15 is 0 Å². The first-order valence-electron chi connectivity index (χ1n) is 7.31. The van der Waals surface area contributed by atoms with E-state index in [1.54, 1.807) is 29.2 Å². The second-order valence-corrected chi connectivity index (χ2v) is 5.50. The molecule has 1 amide bonds. The van der Waals surface area contributed by atoms with Gasteiger partial charge in [0, 0.05) is 30.8 Å². The fraction of sp³-hybridized carbons (Fsp3) is 0.235. The van der Waals surface area contributed by atoms with Crippen molar-refractivity contribution in [2.45, 2.75) is 12.5 Å². The van der Waals surface area contributed by atoms with Gasteiger partial charge in [0.25, 0.3) is 5.91 Å². The van der Waals surface area contributed by atoms with Crippen LogP contribution in [0, 0.1) is 11.6 Å². The zero-order valence-electron chi connectivity index (χ0n) is 12.3. The number of hydrogen-bond acceptors (Lipinski definition) is 3. The molecule has 3 rings (SSSR count). The molecular formula is C17H16F2N2O2. The van der Waals surface area contributed by atoms with E-state index in [1.165, 1.54) is 6.07 Å². The molecule has 1 atom stereocenters. The Kier molecular flexibility index (Phi) is 4.25. The lowest BCUT2D eigenvalue weighted by molar-refractivity contribution is 0.0791. The van der Waals surface area contributed by atoms with Crippen molar-refractivity contribution in [3.63, 3.8) is 0 Å². The third-order valence-corrected chi connectivity index (χ3v) is 3.74. The summed E-state index contributed by atoms with van der Waals surface area (Å²) in [4.78, 5) is 14.0. The van der Waals surface area contributed by atoms with Crippen molar-refractivity contribution in [3.05, 3.63) is 59.7 Å². The van der Waals surface area contributed by atoms with Gasteiger partial charge >= 0.3 is 0 Å². The van der Waals surface area contributed by atoms with Crippen LogP contribution in [0.25, 0.3) is 0 Å². The highest BCUT2D eigenvalue weighted by molar-refractivity contribution is 5.94. The lowest BCUT2D eigenvalue weighted by Crippen LogP contribution is -2.31.